The molecular weight excluding hydrogens is 383 g/mol. The first-order chi connectivity index (χ1) is 12.6. The zero-order valence-electron chi connectivity index (χ0n) is 14.1. The van der Waals surface area contributed by atoms with E-state index in [1.807, 2.05) is 36.4 Å². The molecule has 132 valence electrons. The molecule has 0 amide bonds. The first kappa shape index (κ1) is 17.6. The van der Waals surface area contributed by atoms with Crippen LogP contribution in [0.2, 0.25) is 10.0 Å². The molecule has 0 fully saturated rings. The summed E-state index contributed by atoms with van der Waals surface area (Å²) in [4.78, 5) is 0. The molecule has 1 atom stereocenters. The zero-order chi connectivity index (χ0) is 18.1. The molecule has 2 aliphatic rings. The van der Waals surface area contributed by atoms with Crippen LogP contribution in [0.3, 0.4) is 0 Å². The molecule has 5 heteroatoms. The Kier molecular flexibility index (Phi) is 5.03. The Balaban J connectivity index is 1.75. The number of halogens is 2. The molecular formula is C21H18Cl2N2S. The van der Waals surface area contributed by atoms with Crippen molar-refractivity contribution in [1.82, 2.24) is 10.6 Å². The average Bonchev–Trinajstić information content (AvgIpc) is 2.64. The van der Waals surface area contributed by atoms with Gasteiger partial charge in [0.2, 0.25) is 0 Å². The summed E-state index contributed by atoms with van der Waals surface area (Å²) in [6.07, 6.45) is 5.43. The van der Waals surface area contributed by atoms with E-state index in [1.165, 1.54) is 16.7 Å². The molecule has 2 nitrogen and oxygen atoms in total. The van der Waals surface area contributed by atoms with Crippen molar-refractivity contribution < 1.29 is 0 Å². The third kappa shape index (κ3) is 3.66. The van der Waals surface area contributed by atoms with Crippen LogP contribution >= 0.6 is 35.4 Å². The summed E-state index contributed by atoms with van der Waals surface area (Å²) in [5.74, 6) is 0. The molecule has 1 aliphatic carbocycles. The van der Waals surface area contributed by atoms with E-state index in [0.717, 1.165) is 40.6 Å². The Morgan fingerprint density at radius 1 is 0.923 bits per heavy atom. The summed E-state index contributed by atoms with van der Waals surface area (Å²) in [5.41, 5.74) is 6.13. The van der Waals surface area contributed by atoms with Crippen molar-refractivity contribution in [2.45, 2.75) is 25.3 Å². The molecule has 2 N–H and O–H groups in total. The minimum atomic E-state index is 0.0879. The Hall–Kier alpha value is -1.81. The Morgan fingerprint density at radius 2 is 1.58 bits per heavy atom. The van der Waals surface area contributed by atoms with Crippen LogP contribution in [0, 0.1) is 0 Å². The quantitative estimate of drug-likeness (QED) is 0.601. The van der Waals surface area contributed by atoms with Gasteiger partial charge < -0.3 is 10.6 Å². The van der Waals surface area contributed by atoms with Crippen molar-refractivity contribution in [2.75, 3.05) is 0 Å². The number of nitrogens with one attached hydrogen (secondary N) is 2. The Morgan fingerprint density at radius 3 is 2.27 bits per heavy atom. The van der Waals surface area contributed by atoms with E-state index in [9.17, 15) is 0 Å². The number of hydrogen-bond acceptors (Lipinski definition) is 1. The van der Waals surface area contributed by atoms with Crippen molar-refractivity contribution >= 4 is 46.6 Å². The van der Waals surface area contributed by atoms with Crippen LogP contribution in [0.25, 0.3) is 6.08 Å². The molecule has 1 heterocycles. The van der Waals surface area contributed by atoms with Crippen LogP contribution in [0.5, 0.6) is 0 Å². The summed E-state index contributed by atoms with van der Waals surface area (Å²) < 4.78 is 0. The summed E-state index contributed by atoms with van der Waals surface area (Å²) in [6, 6.07) is 16.0. The van der Waals surface area contributed by atoms with Gasteiger partial charge in [-0.2, -0.15) is 0 Å². The van der Waals surface area contributed by atoms with Gasteiger partial charge in [0.05, 0.1) is 6.04 Å². The molecule has 0 saturated heterocycles. The lowest BCUT2D eigenvalue weighted by atomic mass is 9.83. The van der Waals surface area contributed by atoms with Crippen LogP contribution in [-0.2, 0) is 0 Å². The molecule has 2 aromatic carbocycles. The van der Waals surface area contributed by atoms with Crippen LogP contribution in [0.1, 0.15) is 36.4 Å². The fraction of sp³-hybridized carbons (Fsp3) is 0.190. The van der Waals surface area contributed by atoms with E-state index in [0.29, 0.717) is 5.11 Å². The van der Waals surface area contributed by atoms with Crippen molar-refractivity contribution in [2.24, 2.45) is 0 Å². The maximum absolute atomic E-state index is 6.05. The van der Waals surface area contributed by atoms with Gasteiger partial charge in [-0.25, -0.2) is 0 Å². The van der Waals surface area contributed by atoms with E-state index in [4.69, 9.17) is 35.4 Å². The molecule has 1 aliphatic heterocycles. The van der Waals surface area contributed by atoms with E-state index in [-0.39, 0.29) is 6.04 Å². The van der Waals surface area contributed by atoms with Crippen molar-refractivity contribution in [1.29, 1.82) is 0 Å². The second kappa shape index (κ2) is 7.43. The molecule has 0 radical (unpaired) electrons. The number of hydrogen-bond donors (Lipinski definition) is 2. The van der Waals surface area contributed by atoms with Crippen LogP contribution in [0.4, 0.5) is 0 Å². The summed E-state index contributed by atoms with van der Waals surface area (Å²) in [5, 5.41) is 8.96. The lowest BCUT2D eigenvalue weighted by molar-refractivity contribution is 0.609. The highest BCUT2D eigenvalue weighted by Crippen LogP contribution is 2.38. The molecule has 0 bridgehead atoms. The van der Waals surface area contributed by atoms with E-state index in [1.54, 1.807) is 0 Å². The summed E-state index contributed by atoms with van der Waals surface area (Å²) >= 11 is 17.5. The molecule has 2 aromatic rings. The van der Waals surface area contributed by atoms with Crippen molar-refractivity contribution in [3.05, 3.63) is 86.5 Å². The highest BCUT2D eigenvalue weighted by Gasteiger charge is 2.30. The van der Waals surface area contributed by atoms with Crippen molar-refractivity contribution in [3.8, 4) is 0 Å². The molecule has 4 rings (SSSR count). The maximum Gasteiger partial charge on any atom is 0.171 e. The second-order valence-electron chi connectivity index (χ2n) is 6.56. The van der Waals surface area contributed by atoms with Gasteiger partial charge in [-0.15, -0.1) is 0 Å². The Labute approximate surface area is 168 Å². The third-order valence-corrected chi connectivity index (χ3v) is 5.53. The van der Waals surface area contributed by atoms with Crippen LogP contribution in [0.15, 0.2) is 65.4 Å². The molecule has 26 heavy (non-hydrogen) atoms. The van der Waals surface area contributed by atoms with Gasteiger partial charge in [-0.1, -0.05) is 47.5 Å². The summed E-state index contributed by atoms with van der Waals surface area (Å²) in [6.45, 7) is 0. The minimum absolute atomic E-state index is 0.0879. The van der Waals surface area contributed by atoms with Gasteiger partial charge in [0.1, 0.15) is 0 Å². The van der Waals surface area contributed by atoms with Gasteiger partial charge in [0.25, 0.3) is 0 Å². The standard InChI is InChI=1S/C21H18Cl2N2S/c22-16-8-4-13(5-9-16)12-15-2-1-3-18-19(24-21(26)25-20(15)18)14-6-10-17(23)11-7-14/h4-12,19H,1-3H2,(H2,24,25,26)/b15-12+. The van der Waals surface area contributed by atoms with Gasteiger partial charge in [0.15, 0.2) is 5.11 Å². The normalized spacial score (nSPS) is 21.2. The van der Waals surface area contributed by atoms with Gasteiger partial charge in [-0.05, 0) is 84.1 Å². The summed E-state index contributed by atoms with van der Waals surface area (Å²) in [7, 11) is 0. The smallest absolute Gasteiger partial charge is 0.171 e. The lowest BCUT2D eigenvalue weighted by Crippen LogP contribution is -2.45. The van der Waals surface area contributed by atoms with E-state index >= 15 is 0 Å². The third-order valence-electron chi connectivity index (χ3n) is 4.81. The number of rotatable bonds is 2. The molecule has 0 spiro atoms. The van der Waals surface area contributed by atoms with Gasteiger partial charge >= 0.3 is 0 Å². The topological polar surface area (TPSA) is 24.1 Å². The first-order valence-corrected chi connectivity index (χ1v) is 9.79. The lowest BCUT2D eigenvalue weighted by Gasteiger charge is -2.36. The molecule has 0 aromatic heterocycles. The van der Waals surface area contributed by atoms with Crippen LogP contribution < -0.4 is 10.6 Å². The largest absolute Gasteiger partial charge is 0.352 e. The first-order valence-electron chi connectivity index (χ1n) is 8.63. The number of thiocarbonyl (C=S) groups is 1. The van der Waals surface area contributed by atoms with Crippen molar-refractivity contribution in [3.63, 3.8) is 0 Å². The maximum atomic E-state index is 6.05. The average molecular weight is 401 g/mol. The second-order valence-corrected chi connectivity index (χ2v) is 7.84. The highest BCUT2D eigenvalue weighted by molar-refractivity contribution is 7.80. The highest BCUT2D eigenvalue weighted by atomic mass is 35.5. The number of allylic oxidation sites excluding steroid dienone is 1. The van der Waals surface area contributed by atoms with E-state index in [2.05, 4.69) is 28.8 Å². The fourth-order valence-corrected chi connectivity index (χ4v) is 4.06. The van der Waals surface area contributed by atoms with Crippen LogP contribution in [-0.4, -0.2) is 5.11 Å². The fourth-order valence-electron chi connectivity index (χ4n) is 3.59. The predicted octanol–water partition coefficient (Wildman–Crippen LogP) is 6.03. The number of benzene rings is 2. The Bertz CT molecular complexity index is 899. The minimum Gasteiger partial charge on any atom is -0.352 e. The van der Waals surface area contributed by atoms with E-state index < -0.39 is 0 Å². The molecule has 0 saturated carbocycles. The van der Waals surface area contributed by atoms with Gasteiger partial charge in [-0.3, -0.25) is 0 Å². The van der Waals surface area contributed by atoms with Gasteiger partial charge in [0, 0.05) is 15.7 Å². The monoisotopic (exact) mass is 400 g/mol. The predicted molar refractivity (Wildman–Crippen MR) is 113 cm³/mol. The zero-order valence-corrected chi connectivity index (χ0v) is 16.4. The molecule has 1 unspecified atom stereocenters. The SMILES string of the molecule is S=C1NC2=C(CCC/C2=C\c2ccc(Cl)cc2)C(c2ccc(Cl)cc2)N1.